The molecule has 0 aliphatic carbocycles. The van der Waals surface area contributed by atoms with Crippen LogP contribution in [0.15, 0.2) is 48.5 Å². The first-order chi connectivity index (χ1) is 10.0. The number of anilines is 1. The van der Waals surface area contributed by atoms with E-state index < -0.39 is 0 Å². The third-order valence-electron chi connectivity index (χ3n) is 3.49. The van der Waals surface area contributed by atoms with Crippen LogP contribution in [-0.4, -0.2) is 13.1 Å². The number of halogens is 1. The molecule has 0 saturated heterocycles. The highest BCUT2D eigenvalue weighted by Gasteiger charge is 2.22. The van der Waals surface area contributed by atoms with Gasteiger partial charge in [-0.3, -0.25) is 0 Å². The number of benzene rings is 2. The quantitative estimate of drug-likeness (QED) is 0.937. The zero-order valence-corrected chi connectivity index (χ0v) is 12.1. The predicted molar refractivity (Wildman–Crippen MR) is 82.4 cm³/mol. The van der Waals surface area contributed by atoms with E-state index in [2.05, 4.69) is 6.07 Å². The summed E-state index contributed by atoms with van der Waals surface area (Å²) >= 11 is 0. The molecule has 0 aliphatic rings. The van der Waals surface area contributed by atoms with E-state index in [1.165, 1.54) is 12.1 Å². The summed E-state index contributed by atoms with van der Waals surface area (Å²) in [6.07, 6.45) is 0. The van der Waals surface area contributed by atoms with E-state index in [4.69, 9.17) is 11.0 Å². The van der Waals surface area contributed by atoms with Crippen molar-refractivity contribution in [1.82, 2.24) is 0 Å². The van der Waals surface area contributed by atoms with E-state index in [1.54, 1.807) is 18.2 Å². The Morgan fingerprint density at radius 3 is 2.52 bits per heavy atom. The summed E-state index contributed by atoms with van der Waals surface area (Å²) in [7, 11) is 1.90. The van der Waals surface area contributed by atoms with Gasteiger partial charge in [0.15, 0.2) is 0 Å². The Bertz CT molecular complexity index is 661. The van der Waals surface area contributed by atoms with Gasteiger partial charge >= 0.3 is 0 Å². The molecule has 0 bridgehead atoms. The minimum atomic E-state index is -0.280. The summed E-state index contributed by atoms with van der Waals surface area (Å²) in [5.74, 6) is -0.280. The lowest BCUT2D eigenvalue weighted by molar-refractivity contribution is 0.551. The summed E-state index contributed by atoms with van der Waals surface area (Å²) in [6, 6.07) is 15.5. The van der Waals surface area contributed by atoms with Crippen molar-refractivity contribution in [3.05, 3.63) is 65.5 Å². The van der Waals surface area contributed by atoms with E-state index in [0.29, 0.717) is 5.56 Å². The van der Waals surface area contributed by atoms with Crippen LogP contribution in [0.25, 0.3) is 0 Å². The van der Waals surface area contributed by atoms with Gasteiger partial charge in [0, 0.05) is 18.8 Å². The molecule has 0 spiro atoms. The first kappa shape index (κ1) is 15.0. The van der Waals surface area contributed by atoms with Gasteiger partial charge < -0.3 is 10.6 Å². The fourth-order valence-electron chi connectivity index (χ4n) is 2.53. The first-order valence-electron chi connectivity index (χ1n) is 6.77. The highest BCUT2D eigenvalue weighted by atomic mass is 19.1. The molecule has 0 amide bonds. The van der Waals surface area contributed by atoms with Crippen LogP contribution in [-0.2, 0) is 0 Å². The van der Waals surface area contributed by atoms with Gasteiger partial charge in [0.05, 0.1) is 17.7 Å². The van der Waals surface area contributed by atoms with Crippen LogP contribution in [0.4, 0.5) is 10.1 Å². The van der Waals surface area contributed by atoms with Gasteiger partial charge in [-0.15, -0.1) is 0 Å². The van der Waals surface area contributed by atoms with Crippen molar-refractivity contribution in [2.45, 2.75) is 19.0 Å². The zero-order chi connectivity index (χ0) is 15.4. The van der Waals surface area contributed by atoms with Crippen molar-refractivity contribution in [2.24, 2.45) is 5.73 Å². The van der Waals surface area contributed by atoms with Crippen molar-refractivity contribution in [3.63, 3.8) is 0 Å². The van der Waals surface area contributed by atoms with Gasteiger partial charge in [-0.25, -0.2) is 4.39 Å². The van der Waals surface area contributed by atoms with Gasteiger partial charge in [0.2, 0.25) is 0 Å². The maximum Gasteiger partial charge on any atom is 0.123 e. The average Bonchev–Trinajstić information content (AvgIpc) is 2.47. The van der Waals surface area contributed by atoms with Crippen molar-refractivity contribution in [3.8, 4) is 6.07 Å². The van der Waals surface area contributed by atoms with Gasteiger partial charge in [0.1, 0.15) is 5.82 Å². The van der Waals surface area contributed by atoms with E-state index in [-0.39, 0.29) is 17.9 Å². The van der Waals surface area contributed by atoms with Crippen LogP contribution in [0.3, 0.4) is 0 Å². The van der Waals surface area contributed by atoms with Crippen LogP contribution >= 0.6 is 0 Å². The standard InChI is InChI=1S/C17H18FN3/c1-12(20)17(14-6-4-7-15(18)10-14)21(2)16-8-3-5-13(9-16)11-19/h3-10,12,17H,20H2,1-2H3. The Balaban J connectivity index is 2.40. The number of rotatable bonds is 4. The Kier molecular flexibility index (Phi) is 4.56. The molecule has 0 heterocycles. The van der Waals surface area contributed by atoms with Crippen LogP contribution < -0.4 is 10.6 Å². The number of hydrogen-bond acceptors (Lipinski definition) is 3. The van der Waals surface area contributed by atoms with Crippen LogP contribution in [0.5, 0.6) is 0 Å². The maximum absolute atomic E-state index is 13.5. The third-order valence-corrected chi connectivity index (χ3v) is 3.49. The summed E-state index contributed by atoms with van der Waals surface area (Å²) in [6.45, 7) is 1.89. The van der Waals surface area contributed by atoms with Crippen molar-refractivity contribution < 1.29 is 4.39 Å². The van der Waals surface area contributed by atoms with E-state index in [1.807, 2.05) is 37.1 Å². The molecule has 0 fully saturated rings. The van der Waals surface area contributed by atoms with Gasteiger partial charge in [-0.1, -0.05) is 18.2 Å². The monoisotopic (exact) mass is 283 g/mol. The van der Waals surface area contributed by atoms with Gasteiger partial charge in [-0.2, -0.15) is 5.26 Å². The normalized spacial score (nSPS) is 13.3. The van der Waals surface area contributed by atoms with Crippen LogP contribution in [0.1, 0.15) is 24.1 Å². The second-order valence-electron chi connectivity index (χ2n) is 5.13. The number of likely N-dealkylation sites (N-methyl/N-ethyl adjacent to an activating group) is 1. The fraction of sp³-hybridized carbons (Fsp3) is 0.235. The van der Waals surface area contributed by atoms with E-state index in [0.717, 1.165) is 11.3 Å². The Morgan fingerprint density at radius 1 is 1.19 bits per heavy atom. The molecule has 21 heavy (non-hydrogen) atoms. The van der Waals surface area contributed by atoms with Crippen LogP contribution in [0.2, 0.25) is 0 Å². The molecule has 4 heteroatoms. The van der Waals surface area contributed by atoms with Crippen molar-refractivity contribution >= 4 is 5.69 Å². The van der Waals surface area contributed by atoms with Gasteiger partial charge in [-0.05, 0) is 42.8 Å². The second kappa shape index (κ2) is 6.38. The Morgan fingerprint density at radius 2 is 1.90 bits per heavy atom. The number of nitrogens with two attached hydrogens (primary N) is 1. The lowest BCUT2D eigenvalue weighted by Crippen LogP contribution is -2.37. The molecule has 0 saturated carbocycles. The first-order valence-corrected chi connectivity index (χ1v) is 6.77. The van der Waals surface area contributed by atoms with Crippen LogP contribution in [0, 0.1) is 17.1 Å². The molecule has 2 unspecified atom stereocenters. The zero-order valence-electron chi connectivity index (χ0n) is 12.1. The molecule has 108 valence electrons. The largest absolute Gasteiger partial charge is 0.366 e. The summed E-state index contributed by atoms with van der Waals surface area (Å²) in [5, 5.41) is 9.00. The number of nitriles is 1. The molecule has 0 radical (unpaired) electrons. The lowest BCUT2D eigenvalue weighted by Gasteiger charge is -2.33. The minimum absolute atomic E-state index is 0.172. The second-order valence-corrected chi connectivity index (χ2v) is 5.13. The topological polar surface area (TPSA) is 53.0 Å². The highest BCUT2D eigenvalue weighted by molar-refractivity contribution is 5.53. The fourth-order valence-corrected chi connectivity index (χ4v) is 2.53. The van der Waals surface area contributed by atoms with Crippen molar-refractivity contribution in [1.29, 1.82) is 5.26 Å². The molecule has 3 nitrogen and oxygen atoms in total. The van der Waals surface area contributed by atoms with Crippen molar-refractivity contribution in [2.75, 3.05) is 11.9 Å². The highest BCUT2D eigenvalue weighted by Crippen LogP contribution is 2.28. The molecule has 2 aromatic carbocycles. The minimum Gasteiger partial charge on any atom is -0.366 e. The predicted octanol–water partition coefficient (Wildman–Crippen LogP) is 3.22. The molecule has 0 aromatic heterocycles. The summed E-state index contributed by atoms with van der Waals surface area (Å²) in [5.41, 5.74) is 8.37. The third kappa shape index (κ3) is 3.39. The Hall–Kier alpha value is -2.38. The summed E-state index contributed by atoms with van der Waals surface area (Å²) in [4.78, 5) is 1.97. The molecular formula is C17H18FN3. The lowest BCUT2D eigenvalue weighted by atomic mass is 9.98. The molecule has 2 aromatic rings. The molecule has 2 atom stereocenters. The number of nitrogens with zero attached hydrogens (tertiary/aromatic N) is 2. The molecule has 2 N–H and O–H groups in total. The molecule has 2 rings (SSSR count). The van der Waals surface area contributed by atoms with E-state index in [9.17, 15) is 4.39 Å². The molecule has 0 aliphatic heterocycles. The molecular weight excluding hydrogens is 265 g/mol. The summed E-state index contributed by atoms with van der Waals surface area (Å²) < 4.78 is 13.5. The van der Waals surface area contributed by atoms with E-state index >= 15 is 0 Å². The maximum atomic E-state index is 13.5. The average molecular weight is 283 g/mol. The van der Waals surface area contributed by atoms with Gasteiger partial charge in [0.25, 0.3) is 0 Å². The Labute approximate surface area is 124 Å². The number of hydrogen-bond donors (Lipinski definition) is 1. The smallest absolute Gasteiger partial charge is 0.123 e. The SMILES string of the molecule is CC(N)C(c1cccc(F)c1)N(C)c1cccc(C#N)c1.